The van der Waals surface area contributed by atoms with Crippen molar-refractivity contribution in [3.63, 3.8) is 0 Å². The monoisotopic (exact) mass is 436 g/mol. The molecule has 0 aromatic carbocycles. The quantitative estimate of drug-likeness (QED) is 0.735. The summed E-state index contributed by atoms with van der Waals surface area (Å²) in [5, 5.41) is 1.22. The van der Waals surface area contributed by atoms with Crippen molar-refractivity contribution >= 4 is 37.4 Å². The number of thiophene rings is 1. The molecule has 1 fully saturated rings. The van der Waals surface area contributed by atoms with Crippen LogP contribution in [0.3, 0.4) is 0 Å². The van der Waals surface area contributed by atoms with Crippen LogP contribution in [0.2, 0.25) is 0 Å². The summed E-state index contributed by atoms with van der Waals surface area (Å²) in [7, 11) is -3.13. The largest absolute Gasteiger partial charge is 0.353 e. The molecule has 0 spiro atoms. The van der Waals surface area contributed by atoms with Gasteiger partial charge in [-0.15, -0.1) is 11.3 Å². The second kappa shape index (κ2) is 7.46. The highest BCUT2D eigenvalue weighted by Gasteiger charge is 2.33. The lowest BCUT2D eigenvalue weighted by atomic mass is 9.72. The van der Waals surface area contributed by atoms with Gasteiger partial charge in [0.2, 0.25) is 10.0 Å². The number of rotatable bonds is 3. The minimum atomic E-state index is -3.13. The molecule has 8 heteroatoms. The predicted octanol–water partition coefficient (Wildman–Crippen LogP) is 3.62. The van der Waals surface area contributed by atoms with E-state index in [1.54, 1.807) is 11.2 Å². The van der Waals surface area contributed by atoms with Crippen LogP contribution in [0.4, 0.5) is 5.82 Å². The smallest absolute Gasteiger partial charge is 0.213 e. The molecule has 4 rings (SSSR count). The van der Waals surface area contributed by atoms with Crippen molar-refractivity contribution in [1.82, 2.24) is 14.3 Å². The Morgan fingerprint density at radius 1 is 1.14 bits per heavy atom. The van der Waals surface area contributed by atoms with Crippen molar-refractivity contribution < 1.29 is 8.42 Å². The third kappa shape index (κ3) is 3.91. The zero-order valence-electron chi connectivity index (χ0n) is 18.2. The van der Waals surface area contributed by atoms with Crippen molar-refractivity contribution in [2.24, 2.45) is 11.3 Å². The number of piperazine rings is 1. The van der Waals surface area contributed by atoms with Crippen LogP contribution in [0.5, 0.6) is 0 Å². The Balaban J connectivity index is 1.67. The number of aromatic nitrogens is 2. The fourth-order valence-electron chi connectivity index (χ4n) is 4.59. The van der Waals surface area contributed by atoms with Crippen LogP contribution in [0.15, 0.2) is 0 Å². The SMILES string of the molecule is CCS(=O)(=O)N1CCN(c2nc(C)nc3sc4c(c23)CCC(C(C)(C)C)C4)CC1. The van der Waals surface area contributed by atoms with Gasteiger partial charge in [0.05, 0.1) is 11.1 Å². The molecule has 29 heavy (non-hydrogen) atoms. The standard InChI is InChI=1S/C21H32N4O2S2/c1-6-29(26,27)25-11-9-24(10-12-25)19-18-16-8-7-15(21(3,4)5)13-17(16)28-20(18)23-14(2)22-19/h15H,6-13H2,1-5H3. The van der Waals surface area contributed by atoms with E-state index < -0.39 is 10.0 Å². The number of sulfonamides is 1. The van der Waals surface area contributed by atoms with Crippen molar-refractivity contribution in [1.29, 1.82) is 0 Å². The Kier molecular flexibility index (Phi) is 5.40. The van der Waals surface area contributed by atoms with Gasteiger partial charge >= 0.3 is 0 Å². The first kappa shape index (κ1) is 21.0. The summed E-state index contributed by atoms with van der Waals surface area (Å²) in [6.07, 6.45) is 3.42. The fraction of sp³-hybridized carbons (Fsp3) is 0.714. The summed E-state index contributed by atoms with van der Waals surface area (Å²) in [4.78, 5) is 14.4. The fourth-order valence-corrected chi connectivity index (χ4v) is 7.01. The van der Waals surface area contributed by atoms with E-state index in [4.69, 9.17) is 9.97 Å². The van der Waals surface area contributed by atoms with Gasteiger partial charge in [0.1, 0.15) is 16.5 Å². The van der Waals surface area contributed by atoms with E-state index in [2.05, 4.69) is 25.7 Å². The van der Waals surface area contributed by atoms with Gasteiger partial charge in [-0.2, -0.15) is 4.31 Å². The van der Waals surface area contributed by atoms with E-state index in [1.165, 1.54) is 22.2 Å². The maximum absolute atomic E-state index is 12.2. The van der Waals surface area contributed by atoms with Gasteiger partial charge < -0.3 is 4.90 Å². The molecule has 1 aliphatic carbocycles. The van der Waals surface area contributed by atoms with Crippen molar-refractivity contribution in [2.45, 2.75) is 53.9 Å². The van der Waals surface area contributed by atoms with E-state index in [0.717, 1.165) is 29.3 Å². The second-order valence-electron chi connectivity index (χ2n) is 9.37. The normalized spacial score (nSPS) is 21.6. The molecule has 1 unspecified atom stereocenters. The van der Waals surface area contributed by atoms with Crippen molar-refractivity contribution in [3.8, 4) is 0 Å². The van der Waals surface area contributed by atoms with E-state index in [1.807, 2.05) is 18.3 Å². The first-order chi connectivity index (χ1) is 13.6. The molecule has 2 aromatic heterocycles. The molecule has 1 atom stereocenters. The van der Waals surface area contributed by atoms with Crippen LogP contribution in [-0.4, -0.2) is 54.6 Å². The molecular formula is C21H32N4O2S2. The highest BCUT2D eigenvalue weighted by molar-refractivity contribution is 7.89. The molecular weight excluding hydrogens is 404 g/mol. The first-order valence-electron chi connectivity index (χ1n) is 10.6. The third-order valence-corrected chi connectivity index (χ3v) is 9.55. The average Bonchev–Trinajstić information content (AvgIpc) is 3.04. The maximum atomic E-state index is 12.2. The molecule has 0 amide bonds. The lowest BCUT2D eigenvalue weighted by Gasteiger charge is -2.35. The number of nitrogens with zero attached hydrogens (tertiary/aromatic N) is 4. The Bertz CT molecular complexity index is 1020. The lowest BCUT2D eigenvalue weighted by molar-refractivity contribution is 0.218. The highest BCUT2D eigenvalue weighted by Crippen LogP contribution is 2.45. The number of fused-ring (bicyclic) bond motifs is 3. The van der Waals surface area contributed by atoms with Crippen LogP contribution in [0.1, 0.15) is 50.4 Å². The molecule has 0 saturated carbocycles. The van der Waals surface area contributed by atoms with Crippen LogP contribution in [0.25, 0.3) is 10.2 Å². The Labute approximate surface area is 178 Å². The molecule has 0 radical (unpaired) electrons. The molecule has 2 aromatic rings. The molecule has 6 nitrogen and oxygen atoms in total. The van der Waals surface area contributed by atoms with E-state index in [-0.39, 0.29) is 5.75 Å². The third-order valence-electron chi connectivity index (χ3n) is 6.52. The summed E-state index contributed by atoms with van der Waals surface area (Å²) >= 11 is 1.84. The summed E-state index contributed by atoms with van der Waals surface area (Å²) in [5.41, 5.74) is 1.75. The zero-order valence-corrected chi connectivity index (χ0v) is 19.8. The number of aryl methyl sites for hydroxylation is 2. The molecule has 1 aliphatic heterocycles. The van der Waals surface area contributed by atoms with Gasteiger partial charge in [0.25, 0.3) is 0 Å². The minimum absolute atomic E-state index is 0.164. The minimum Gasteiger partial charge on any atom is -0.353 e. The topological polar surface area (TPSA) is 66.4 Å². The van der Waals surface area contributed by atoms with Crippen LogP contribution in [-0.2, 0) is 22.9 Å². The van der Waals surface area contributed by atoms with Gasteiger partial charge in [0.15, 0.2) is 0 Å². The van der Waals surface area contributed by atoms with Crippen LogP contribution >= 0.6 is 11.3 Å². The second-order valence-corrected chi connectivity index (χ2v) is 12.7. The summed E-state index contributed by atoms with van der Waals surface area (Å²) in [6, 6.07) is 0. The van der Waals surface area contributed by atoms with Gasteiger partial charge in [-0.1, -0.05) is 20.8 Å². The maximum Gasteiger partial charge on any atom is 0.213 e. The van der Waals surface area contributed by atoms with E-state index in [0.29, 0.717) is 37.5 Å². The van der Waals surface area contributed by atoms with Crippen LogP contribution < -0.4 is 4.90 Å². The molecule has 0 N–H and O–H groups in total. The molecule has 160 valence electrons. The Hall–Kier alpha value is -1.25. The van der Waals surface area contributed by atoms with E-state index in [9.17, 15) is 8.42 Å². The Morgan fingerprint density at radius 2 is 1.83 bits per heavy atom. The first-order valence-corrected chi connectivity index (χ1v) is 13.0. The summed E-state index contributed by atoms with van der Waals surface area (Å²) in [6.45, 7) is 13.1. The predicted molar refractivity (Wildman–Crippen MR) is 120 cm³/mol. The molecule has 0 bridgehead atoms. The highest BCUT2D eigenvalue weighted by atomic mass is 32.2. The summed E-state index contributed by atoms with van der Waals surface area (Å²) < 4.78 is 26.0. The molecule has 2 aliphatic rings. The van der Waals surface area contributed by atoms with Crippen LogP contribution in [0, 0.1) is 18.3 Å². The van der Waals surface area contributed by atoms with E-state index >= 15 is 0 Å². The summed E-state index contributed by atoms with van der Waals surface area (Å²) in [5.74, 6) is 2.66. The van der Waals surface area contributed by atoms with Crippen molar-refractivity contribution in [2.75, 3.05) is 36.8 Å². The van der Waals surface area contributed by atoms with Gasteiger partial charge in [-0.05, 0) is 50.0 Å². The number of anilines is 1. The van der Waals surface area contributed by atoms with Crippen molar-refractivity contribution in [3.05, 3.63) is 16.3 Å². The van der Waals surface area contributed by atoms with Gasteiger partial charge in [0, 0.05) is 31.1 Å². The van der Waals surface area contributed by atoms with Gasteiger partial charge in [-0.25, -0.2) is 18.4 Å². The average molecular weight is 437 g/mol. The molecule has 1 saturated heterocycles. The van der Waals surface area contributed by atoms with Gasteiger partial charge in [-0.3, -0.25) is 0 Å². The number of hydrogen-bond acceptors (Lipinski definition) is 6. The Morgan fingerprint density at radius 3 is 2.45 bits per heavy atom. The number of hydrogen-bond donors (Lipinski definition) is 0. The lowest BCUT2D eigenvalue weighted by Crippen LogP contribution is -2.49. The zero-order chi connectivity index (χ0) is 21.0. The molecule has 3 heterocycles.